The second kappa shape index (κ2) is 6.25. The van der Waals surface area contributed by atoms with Crippen LogP contribution in [-0.2, 0) is 9.53 Å². The number of aromatic hydroxyl groups is 1. The Labute approximate surface area is 149 Å². The average molecular weight is 357 g/mol. The molecular formula is C19H19NO6. The maximum absolute atomic E-state index is 12.3. The summed E-state index contributed by atoms with van der Waals surface area (Å²) in [7, 11) is 0. The Kier molecular flexibility index (Phi) is 4.23. The van der Waals surface area contributed by atoms with Crippen molar-refractivity contribution in [1.82, 2.24) is 0 Å². The minimum atomic E-state index is -0.671. The van der Waals surface area contributed by atoms with Gasteiger partial charge in [0.05, 0.1) is 11.1 Å². The van der Waals surface area contributed by atoms with Crippen LogP contribution in [0.5, 0.6) is 11.7 Å². The van der Waals surface area contributed by atoms with Crippen LogP contribution in [0.15, 0.2) is 34.7 Å². The lowest BCUT2D eigenvalue weighted by molar-refractivity contribution is -0.133. The summed E-state index contributed by atoms with van der Waals surface area (Å²) in [5.41, 5.74) is -0.175. The monoisotopic (exact) mass is 357 g/mol. The van der Waals surface area contributed by atoms with Crippen LogP contribution in [-0.4, -0.2) is 22.8 Å². The standard InChI is InChI=1S/C19H19NO6/c1-10(21)24-14-9-13-15(20-18(23)26-19(2,3)4)11-7-5-6-8-12(11)16(22)17(13)25-14/h5-9,22H,1-4H3,(H,20,23). The van der Waals surface area contributed by atoms with Crippen LogP contribution in [0.1, 0.15) is 27.7 Å². The van der Waals surface area contributed by atoms with Crippen molar-refractivity contribution < 1.29 is 28.6 Å². The minimum absolute atomic E-state index is 0.0784. The molecule has 26 heavy (non-hydrogen) atoms. The van der Waals surface area contributed by atoms with E-state index in [-0.39, 0.29) is 17.3 Å². The van der Waals surface area contributed by atoms with Gasteiger partial charge in [-0.3, -0.25) is 10.1 Å². The highest BCUT2D eigenvalue weighted by Gasteiger charge is 2.22. The van der Waals surface area contributed by atoms with E-state index in [1.165, 1.54) is 13.0 Å². The van der Waals surface area contributed by atoms with Crippen LogP contribution in [0.3, 0.4) is 0 Å². The van der Waals surface area contributed by atoms with Gasteiger partial charge in [-0.05, 0) is 20.8 Å². The molecule has 0 spiro atoms. The Balaban J connectivity index is 2.19. The summed E-state index contributed by atoms with van der Waals surface area (Å²) in [5, 5.41) is 14.7. The highest BCUT2D eigenvalue weighted by molar-refractivity contribution is 6.17. The summed E-state index contributed by atoms with van der Waals surface area (Å²) >= 11 is 0. The fourth-order valence-electron chi connectivity index (χ4n) is 2.64. The smallest absolute Gasteiger partial charge is 0.412 e. The molecular weight excluding hydrogens is 338 g/mol. The fraction of sp³-hybridized carbons (Fsp3) is 0.263. The molecule has 3 rings (SSSR count). The number of benzene rings is 2. The SMILES string of the molecule is CC(=O)Oc1cc2c(NC(=O)OC(C)(C)C)c3ccccc3c(O)c2o1. The van der Waals surface area contributed by atoms with E-state index in [2.05, 4.69) is 5.32 Å². The summed E-state index contributed by atoms with van der Waals surface area (Å²) in [6.07, 6.45) is -0.648. The average Bonchev–Trinajstić information content (AvgIpc) is 2.93. The number of hydrogen-bond acceptors (Lipinski definition) is 6. The first-order valence-corrected chi connectivity index (χ1v) is 8.01. The second-order valence-electron chi connectivity index (χ2n) is 6.80. The van der Waals surface area contributed by atoms with Gasteiger partial charge in [0.2, 0.25) is 0 Å². The number of ether oxygens (including phenoxy) is 2. The predicted octanol–water partition coefficient (Wildman–Crippen LogP) is 4.56. The van der Waals surface area contributed by atoms with Gasteiger partial charge in [0.15, 0.2) is 11.3 Å². The molecule has 1 heterocycles. The summed E-state index contributed by atoms with van der Waals surface area (Å²) in [5.74, 6) is -0.746. The van der Waals surface area contributed by atoms with Gasteiger partial charge in [0, 0.05) is 23.8 Å². The Morgan fingerprint density at radius 2 is 1.77 bits per heavy atom. The summed E-state index contributed by atoms with van der Waals surface area (Å²) in [4.78, 5) is 23.5. The van der Waals surface area contributed by atoms with Crippen LogP contribution >= 0.6 is 0 Å². The third-order valence-corrected chi connectivity index (χ3v) is 3.52. The minimum Gasteiger partial charge on any atom is -0.504 e. The van der Waals surface area contributed by atoms with Crippen molar-refractivity contribution in [3.05, 3.63) is 30.3 Å². The molecule has 1 amide bonds. The Hall–Kier alpha value is -3.22. The lowest BCUT2D eigenvalue weighted by Gasteiger charge is -2.20. The molecule has 0 saturated carbocycles. The van der Waals surface area contributed by atoms with E-state index >= 15 is 0 Å². The Morgan fingerprint density at radius 3 is 2.38 bits per heavy atom. The number of esters is 1. The van der Waals surface area contributed by atoms with Gasteiger partial charge >= 0.3 is 12.1 Å². The topological polar surface area (TPSA) is 98.0 Å². The quantitative estimate of drug-likeness (QED) is 0.515. The Morgan fingerprint density at radius 1 is 1.12 bits per heavy atom. The number of amides is 1. The molecule has 136 valence electrons. The van der Waals surface area contributed by atoms with E-state index < -0.39 is 17.7 Å². The zero-order chi connectivity index (χ0) is 19.1. The first-order valence-electron chi connectivity index (χ1n) is 8.01. The molecule has 0 unspecified atom stereocenters. The van der Waals surface area contributed by atoms with E-state index in [0.717, 1.165) is 0 Å². The van der Waals surface area contributed by atoms with Crippen molar-refractivity contribution in [2.75, 3.05) is 5.32 Å². The van der Waals surface area contributed by atoms with E-state index in [9.17, 15) is 14.7 Å². The Bertz CT molecular complexity index is 1010. The molecule has 3 aromatic rings. The molecule has 0 aliphatic heterocycles. The van der Waals surface area contributed by atoms with Gasteiger partial charge < -0.3 is 19.0 Å². The number of phenolic OH excluding ortho intramolecular Hbond substituents is 1. The molecule has 2 N–H and O–H groups in total. The van der Waals surface area contributed by atoms with Gasteiger partial charge in [0.1, 0.15) is 5.60 Å². The van der Waals surface area contributed by atoms with Crippen LogP contribution in [0, 0.1) is 0 Å². The van der Waals surface area contributed by atoms with Crippen molar-refractivity contribution in [2.24, 2.45) is 0 Å². The van der Waals surface area contributed by atoms with Gasteiger partial charge in [-0.15, -0.1) is 0 Å². The summed E-state index contributed by atoms with van der Waals surface area (Å²) in [6.45, 7) is 6.51. The van der Waals surface area contributed by atoms with Crippen molar-refractivity contribution in [1.29, 1.82) is 0 Å². The third-order valence-electron chi connectivity index (χ3n) is 3.52. The highest BCUT2D eigenvalue weighted by Crippen LogP contribution is 2.43. The molecule has 0 fully saturated rings. The molecule has 7 heteroatoms. The molecule has 0 saturated heterocycles. The zero-order valence-electron chi connectivity index (χ0n) is 14.9. The van der Waals surface area contributed by atoms with Crippen molar-refractivity contribution in [2.45, 2.75) is 33.3 Å². The number of furan rings is 1. The second-order valence-corrected chi connectivity index (χ2v) is 6.80. The van der Waals surface area contributed by atoms with Crippen LogP contribution < -0.4 is 10.1 Å². The number of nitrogens with one attached hydrogen (secondary N) is 1. The molecule has 2 aromatic carbocycles. The summed E-state index contributed by atoms with van der Waals surface area (Å²) in [6, 6.07) is 8.41. The summed E-state index contributed by atoms with van der Waals surface area (Å²) < 4.78 is 15.7. The molecule has 0 bridgehead atoms. The number of anilines is 1. The van der Waals surface area contributed by atoms with Crippen molar-refractivity contribution >= 4 is 39.5 Å². The molecule has 7 nitrogen and oxygen atoms in total. The lowest BCUT2D eigenvalue weighted by Crippen LogP contribution is -2.27. The number of fused-ring (bicyclic) bond motifs is 2. The molecule has 1 aromatic heterocycles. The van der Waals surface area contributed by atoms with E-state index in [4.69, 9.17) is 13.9 Å². The third kappa shape index (κ3) is 3.42. The highest BCUT2D eigenvalue weighted by atomic mass is 16.6. The maximum Gasteiger partial charge on any atom is 0.412 e. The van der Waals surface area contributed by atoms with Crippen molar-refractivity contribution in [3.63, 3.8) is 0 Å². The van der Waals surface area contributed by atoms with Crippen LogP contribution in [0.25, 0.3) is 21.7 Å². The number of hydrogen-bond donors (Lipinski definition) is 2. The number of rotatable bonds is 2. The molecule has 0 atom stereocenters. The molecule has 0 aliphatic carbocycles. The maximum atomic E-state index is 12.3. The largest absolute Gasteiger partial charge is 0.504 e. The van der Waals surface area contributed by atoms with E-state index in [1.807, 2.05) is 0 Å². The van der Waals surface area contributed by atoms with Gasteiger partial charge in [-0.2, -0.15) is 0 Å². The van der Waals surface area contributed by atoms with Crippen LogP contribution in [0.4, 0.5) is 10.5 Å². The zero-order valence-corrected chi connectivity index (χ0v) is 14.9. The lowest BCUT2D eigenvalue weighted by atomic mass is 10.0. The molecule has 0 aliphatic rings. The van der Waals surface area contributed by atoms with Gasteiger partial charge in [-0.25, -0.2) is 4.79 Å². The number of carbonyl (C=O) groups is 2. The van der Waals surface area contributed by atoms with Gasteiger partial charge in [0.25, 0.3) is 5.95 Å². The number of phenols is 1. The first-order chi connectivity index (χ1) is 12.2. The fourth-order valence-corrected chi connectivity index (χ4v) is 2.64. The first kappa shape index (κ1) is 17.6. The van der Waals surface area contributed by atoms with Crippen molar-refractivity contribution in [3.8, 4) is 11.7 Å². The van der Waals surface area contributed by atoms with E-state index in [0.29, 0.717) is 21.8 Å². The predicted molar refractivity (Wildman–Crippen MR) is 96.6 cm³/mol. The normalized spacial score (nSPS) is 11.5. The van der Waals surface area contributed by atoms with E-state index in [1.54, 1.807) is 45.0 Å². The number of carbonyl (C=O) groups excluding carboxylic acids is 2. The molecule has 0 radical (unpaired) electrons. The van der Waals surface area contributed by atoms with Gasteiger partial charge in [-0.1, -0.05) is 24.3 Å². The van der Waals surface area contributed by atoms with Crippen LogP contribution in [0.2, 0.25) is 0 Å².